The number of nitrogens with one attached hydrogen (secondary N) is 1. The molecule has 0 aliphatic heterocycles. The lowest BCUT2D eigenvalue weighted by molar-refractivity contribution is 0.905. The SMILES string of the molecule is BBNCCN. The third kappa shape index (κ3) is 4.05. The van der Waals surface area contributed by atoms with Crippen LogP contribution in [0.5, 0.6) is 0 Å². The fourth-order valence-electron chi connectivity index (χ4n) is 0.279. The summed E-state index contributed by atoms with van der Waals surface area (Å²) in [4.78, 5) is 0. The van der Waals surface area contributed by atoms with Crippen LogP contribution in [0.3, 0.4) is 0 Å². The Labute approximate surface area is 40.1 Å². The van der Waals surface area contributed by atoms with E-state index in [0.29, 0.717) is 0 Å². The molecule has 0 heterocycles. The van der Waals surface area contributed by atoms with Gasteiger partial charge in [0.1, 0.15) is 0 Å². The molecule has 0 saturated heterocycles. The molecule has 6 heavy (non-hydrogen) atoms. The molecule has 3 N–H and O–H groups in total. The van der Waals surface area contributed by atoms with E-state index < -0.39 is 0 Å². The van der Waals surface area contributed by atoms with Gasteiger partial charge in [-0.05, 0) is 6.54 Å². The van der Waals surface area contributed by atoms with E-state index in [1.54, 1.807) is 0 Å². The Bertz CT molecular complexity index is 21.5. The van der Waals surface area contributed by atoms with Crippen molar-refractivity contribution in [1.82, 2.24) is 5.23 Å². The van der Waals surface area contributed by atoms with Crippen molar-refractivity contribution in [3.8, 4) is 0 Å². The zero-order valence-corrected chi connectivity index (χ0v) is 4.20. The summed E-state index contributed by atoms with van der Waals surface area (Å²) in [6.07, 6.45) is 0. The van der Waals surface area contributed by atoms with Crippen LogP contribution in [0.15, 0.2) is 0 Å². The summed E-state index contributed by atoms with van der Waals surface area (Å²) in [5.74, 6) is 0. The standard InChI is InChI=1S/C2H10B2N2/c3-4-6-2-1-5/h4,6H,1-3,5H2. The molecule has 0 rings (SSSR count). The first kappa shape index (κ1) is 6.05. The van der Waals surface area contributed by atoms with Gasteiger partial charge in [-0.2, -0.15) is 0 Å². The number of rotatable bonds is 3. The Hall–Kier alpha value is 0.0499. The molecule has 0 atom stereocenters. The summed E-state index contributed by atoms with van der Waals surface area (Å²) < 4.78 is 0. The van der Waals surface area contributed by atoms with Gasteiger partial charge in [0.15, 0.2) is 7.31 Å². The normalized spacial score (nSPS) is 8.17. The van der Waals surface area contributed by atoms with Crippen LogP contribution in [-0.4, -0.2) is 28.1 Å². The Morgan fingerprint density at radius 3 is 2.67 bits per heavy atom. The molecule has 0 saturated carbocycles. The molecule has 0 aromatic rings. The van der Waals surface area contributed by atoms with Crippen molar-refractivity contribution in [2.45, 2.75) is 0 Å². The Balaban J connectivity index is 2.34. The largest absolute Gasteiger partial charge is 0.365 e. The minimum Gasteiger partial charge on any atom is -0.365 e. The lowest BCUT2D eigenvalue weighted by Gasteiger charge is -1.90. The predicted molar refractivity (Wildman–Crippen MR) is 32.8 cm³/mol. The molecule has 0 aromatic heterocycles. The van der Waals surface area contributed by atoms with Crippen molar-refractivity contribution in [2.24, 2.45) is 5.73 Å². The highest BCUT2D eigenvalue weighted by Crippen LogP contribution is 1.41. The lowest BCUT2D eigenvalue weighted by atomic mass is 9.67. The van der Waals surface area contributed by atoms with Gasteiger partial charge in [-0.1, -0.05) is 0 Å². The third-order valence-corrected chi connectivity index (χ3v) is 0.571. The first-order chi connectivity index (χ1) is 2.91. The topological polar surface area (TPSA) is 38.0 Å². The third-order valence-electron chi connectivity index (χ3n) is 0.571. The van der Waals surface area contributed by atoms with Crippen LogP contribution in [0.2, 0.25) is 0 Å². The van der Waals surface area contributed by atoms with Gasteiger partial charge in [0.2, 0.25) is 0 Å². The molecule has 0 fully saturated rings. The molecule has 0 aliphatic carbocycles. The van der Waals surface area contributed by atoms with Gasteiger partial charge in [0.05, 0.1) is 7.74 Å². The molecule has 0 unspecified atom stereocenters. The van der Waals surface area contributed by atoms with E-state index in [4.69, 9.17) is 5.73 Å². The van der Waals surface area contributed by atoms with E-state index in [2.05, 4.69) is 13.0 Å². The van der Waals surface area contributed by atoms with Crippen LogP contribution in [0.1, 0.15) is 0 Å². The summed E-state index contributed by atoms with van der Waals surface area (Å²) >= 11 is 0. The average molecular weight is 83.7 g/mol. The fraction of sp³-hybridized carbons (Fsp3) is 1.00. The van der Waals surface area contributed by atoms with E-state index in [1.807, 2.05) is 0 Å². The van der Waals surface area contributed by atoms with E-state index in [9.17, 15) is 0 Å². The Morgan fingerprint density at radius 1 is 1.83 bits per heavy atom. The Morgan fingerprint density at radius 2 is 2.50 bits per heavy atom. The van der Waals surface area contributed by atoms with Gasteiger partial charge >= 0.3 is 0 Å². The summed E-state index contributed by atoms with van der Waals surface area (Å²) in [5.41, 5.74) is 5.15. The van der Waals surface area contributed by atoms with Crippen molar-refractivity contribution in [3.05, 3.63) is 0 Å². The first-order valence-corrected chi connectivity index (χ1v) is 2.32. The van der Waals surface area contributed by atoms with Gasteiger partial charge in [0, 0.05) is 6.54 Å². The minimum atomic E-state index is 0.744. The molecule has 0 bridgehead atoms. The molecule has 0 amide bonds. The van der Waals surface area contributed by atoms with Gasteiger partial charge in [-0.25, -0.2) is 0 Å². The maximum atomic E-state index is 5.15. The van der Waals surface area contributed by atoms with Crippen LogP contribution in [0, 0.1) is 0 Å². The molecule has 34 valence electrons. The highest BCUT2D eigenvalue weighted by molar-refractivity contribution is 6.87. The lowest BCUT2D eigenvalue weighted by Crippen LogP contribution is -2.26. The number of hydrogen-bond donors (Lipinski definition) is 2. The van der Waals surface area contributed by atoms with Crippen LogP contribution in [0.4, 0.5) is 0 Å². The molecule has 2 nitrogen and oxygen atoms in total. The smallest absolute Gasteiger partial charge is 0.157 e. The van der Waals surface area contributed by atoms with Crippen LogP contribution < -0.4 is 11.0 Å². The summed E-state index contributed by atoms with van der Waals surface area (Å²) in [6, 6.07) is 0. The maximum absolute atomic E-state index is 5.15. The van der Waals surface area contributed by atoms with Gasteiger partial charge < -0.3 is 11.0 Å². The number of hydrogen-bond acceptors (Lipinski definition) is 2. The number of nitrogens with two attached hydrogens (primary N) is 1. The second-order valence-electron chi connectivity index (χ2n) is 1.14. The fourth-order valence-corrected chi connectivity index (χ4v) is 0.279. The molecular formula is C2H10B2N2. The van der Waals surface area contributed by atoms with Gasteiger partial charge in [-0.15, -0.1) is 0 Å². The maximum Gasteiger partial charge on any atom is 0.157 e. The van der Waals surface area contributed by atoms with Crippen molar-refractivity contribution in [3.63, 3.8) is 0 Å². The van der Waals surface area contributed by atoms with E-state index >= 15 is 0 Å². The highest BCUT2D eigenvalue weighted by Gasteiger charge is 1.74. The molecule has 0 spiro atoms. The van der Waals surface area contributed by atoms with E-state index in [-0.39, 0.29) is 0 Å². The monoisotopic (exact) mass is 84.1 g/mol. The molecule has 0 aromatic carbocycles. The second kappa shape index (κ2) is 5.05. The average Bonchev–Trinajstić information content (AvgIpc) is 1.61. The first-order valence-electron chi connectivity index (χ1n) is 2.32. The zero-order chi connectivity index (χ0) is 4.83. The highest BCUT2D eigenvalue weighted by atomic mass is 14.8. The van der Waals surface area contributed by atoms with Gasteiger partial charge in [-0.3, -0.25) is 0 Å². The van der Waals surface area contributed by atoms with Crippen LogP contribution >= 0.6 is 0 Å². The predicted octanol–water partition coefficient (Wildman–Crippen LogP) is -2.57. The molecule has 0 aliphatic rings. The van der Waals surface area contributed by atoms with Crippen molar-refractivity contribution in [1.29, 1.82) is 0 Å². The molecule has 4 heteroatoms. The zero-order valence-electron chi connectivity index (χ0n) is 4.20. The quantitative estimate of drug-likeness (QED) is 0.291. The van der Waals surface area contributed by atoms with Crippen LogP contribution in [0.25, 0.3) is 0 Å². The minimum absolute atomic E-state index is 0.744. The molecular weight excluding hydrogens is 73.7 g/mol. The van der Waals surface area contributed by atoms with E-state index in [0.717, 1.165) is 20.4 Å². The van der Waals surface area contributed by atoms with Crippen molar-refractivity contribution >= 4 is 15.0 Å². The Kier molecular flexibility index (Phi) is 5.09. The summed E-state index contributed by atoms with van der Waals surface area (Å²) in [7, 11) is 3.09. The van der Waals surface area contributed by atoms with Crippen molar-refractivity contribution in [2.75, 3.05) is 13.1 Å². The van der Waals surface area contributed by atoms with E-state index in [1.165, 1.54) is 0 Å². The molecule has 0 radical (unpaired) electrons. The van der Waals surface area contributed by atoms with Gasteiger partial charge in [0.25, 0.3) is 0 Å². The van der Waals surface area contributed by atoms with Crippen molar-refractivity contribution < 1.29 is 0 Å². The van der Waals surface area contributed by atoms with Crippen LogP contribution in [-0.2, 0) is 0 Å². The summed E-state index contributed by atoms with van der Waals surface area (Å²) in [6.45, 7) is 1.68. The second-order valence-corrected chi connectivity index (χ2v) is 1.14. The summed E-state index contributed by atoms with van der Waals surface area (Å²) in [5, 5.41) is 3.07.